The van der Waals surface area contributed by atoms with Gasteiger partial charge in [-0.05, 0) is 25.0 Å². The second-order valence-corrected chi connectivity index (χ2v) is 5.82. The third-order valence-electron chi connectivity index (χ3n) is 3.00. The molecule has 0 atom stereocenters. The Bertz CT molecular complexity index is 522. The predicted molar refractivity (Wildman–Crippen MR) is 84.2 cm³/mol. The summed E-state index contributed by atoms with van der Waals surface area (Å²) in [7, 11) is 2.13. The van der Waals surface area contributed by atoms with Crippen molar-refractivity contribution in [2.75, 3.05) is 23.8 Å². The summed E-state index contributed by atoms with van der Waals surface area (Å²) in [6.45, 7) is 6.19. The molecule has 2 rings (SSSR count). The van der Waals surface area contributed by atoms with Crippen LogP contribution in [0.4, 0.5) is 10.8 Å². The van der Waals surface area contributed by atoms with E-state index >= 15 is 0 Å². The van der Waals surface area contributed by atoms with E-state index in [9.17, 15) is 0 Å². The number of hydrogen-bond donors (Lipinski definition) is 1. The molecule has 0 radical (unpaired) electrons. The van der Waals surface area contributed by atoms with Crippen LogP contribution in [0.3, 0.4) is 0 Å². The first-order valence-corrected chi connectivity index (χ1v) is 7.47. The third-order valence-corrected chi connectivity index (χ3v) is 3.94. The zero-order valence-corrected chi connectivity index (χ0v) is 12.6. The number of anilines is 2. The summed E-state index contributed by atoms with van der Waals surface area (Å²) >= 11 is 1.74. The van der Waals surface area contributed by atoms with Crippen molar-refractivity contribution in [2.45, 2.75) is 26.8 Å². The largest absolute Gasteiger partial charge is 0.369 e. The van der Waals surface area contributed by atoms with Crippen LogP contribution < -0.4 is 10.2 Å². The minimum Gasteiger partial charge on any atom is -0.369 e. The van der Waals surface area contributed by atoms with Crippen LogP contribution >= 0.6 is 11.3 Å². The lowest BCUT2D eigenvalue weighted by atomic mass is 10.2. The van der Waals surface area contributed by atoms with Crippen LogP contribution in [0.25, 0.3) is 0 Å². The molecule has 0 aliphatic heterocycles. The highest BCUT2D eigenvalue weighted by molar-refractivity contribution is 7.15. The summed E-state index contributed by atoms with van der Waals surface area (Å²) in [5.74, 6) is 0. The number of para-hydroxylation sites is 1. The zero-order valence-electron chi connectivity index (χ0n) is 11.8. The molecule has 0 saturated carbocycles. The average Bonchev–Trinajstić information content (AvgIpc) is 2.84. The van der Waals surface area contributed by atoms with Gasteiger partial charge in [0.25, 0.3) is 0 Å². The molecule has 19 heavy (non-hydrogen) atoms. The summed E-state index contributed by atoms with van der Waals surface area (Å²) in [6, 6.07) is 8.46. The lowest BCUT2D eigenvalue weighted by Crippen LogP contribution is -2.16. The van der Waals surface area contributed by atoms with Crippen molar-refractivity contribution >= 4 is 22.2 Å². The molecule has 1 aromatic heterocycles. The molecule has 1 aromatic carbocycles. The van der Waals surface area contributed by atoms with Crippen LogP contribution in [-0.2, 0) is 6.54 Å². The highest BCUT2D eigenvalue weighted by Crippen LogP contribution is 2.24. The Balaban J connectivity index is 2.01. The zero-order chi connectivity index (χ0) is 13.7. The first kappa shape index (κ1) is 13.9. The van der Waals surface area contributed by atoms with Gasteiger partial charge in [0, 0.05) is 30.4 Å². The van der Waals surface area contributed by atoms with Crippen LogP contribution in [0.2, 0.25) is 0 Å². The van der Waals surface area contributed by atoms with Crippen LogP contribution in [0, 0.1) is 6.92 Å². The van der Waals surface area contributed by atoms with E-state index in [0.29, 0.717) is 0 Å². The van der Waals surface area contributed by atoms with E-state index in [1.165, 1.54) is 16.1 Å². The Morgan fingerprint density at radius 1 is 1.32 bits per heavy atom. The molecule has 0 spiro atoms. The maximum atomic E-state index is 4.40. The Hall–Kier alpha value is -1.55. The van der Waals surface area contributed by atoms with Crippen molar-refractivity contribution < 1.29 is 0 Å². The third kappa shape index (κ3) is 3.70. The minimum absolute atomic E-state index is 0.899. The van der Waals surface area contributed by atoms with Crippen molar-refractivity contribution in [3.8, 4) is 0 Å². The van der Waals surface area contributed by atoms with E-state index < -0.39 is 0 Å². The Labute approximate surface area is 119 Å². The molecule has 0 fully saturated rings. The van der Waals surface area contributed by atoms with E-state index in [1.807, 2.05) is 6.20 Å². The van der Waals surface area contributed by atoms with Gasteiger partial charge in [-0.1, -0.05) is 25.1 Å². The SMILES string of the molecule is CCCNc1ncc(CN(C)c2ccccc2C)s1. The first-order valence-electron chi connectivity index (χ1n) is 6.66. The molecular weight excluding hydrogens is 254 g/mol. The number of nitrogens with one attached hydrogen (secondary N) is 1. The fraction of sp³-hybridized carbons (Fsp3) is 0.400. The van der Waals surface area contributed by atoms with Gasteiger partial charge < -0.3 is 10.2 Å². The van der Waals surface area contributed by atoms with Crippen molar-refractivity contribution in [1.82, 2.24) is 4.98 Å². The minimum atomic E-state index is 0.899. The lowest BCUT2D eigenvalue weighted by molar-refractivity contribution is 0.930. The van der Waals surface area contributed by atoms with Crippen molar-refractivity contribution in [3.05, 3.63) is 40.9 Å². The maximum absolute atomic E-state index is 4.40. The van der Waals surface area contributed by atoms with Gasteiger partial charge in [-0.2, -0.15) is 0 Å². The lowest BCUT2D eigenvalue weighted by Gasteiger charge is -2.20. The molecule has 0 aliphatic rings. The highest BCUT2D eigenvalue weighted by atomic mass is 32.1. The number of rotatable bonds is 6. The fourth-order valence-corrected chi connectivity index (χ4v) is 2.90. The summed E-state index contributed by atoms with van der Waals surface area (Å²) in [6.07, 6.45) is 3.09. The molecule has 0 unspecified atom stereocenters. The van der Waals surface area contributed by atoms with E-state index in [-0.39, 0.29) is 0 Å². The summed E-state index contributed by atoms with van der Waals surface area (Å²) in [4.78, 5) is 7.96. The van der Waals surface area contributed by atoms with E-state index in [4.69, 9.17) is 0 Å². The highest BCUT2D eigenvalue weighted by Gasteiger charge is 2.07. The van der Waals surface area contributed by atoms with Crippen molar-refractivity contribution in [1.29, 1.82) is 0 Å². The van der Waals surface area contributed by atoms with Crippen LogP contribution in [0.5, 0.6) is 0 Å². The second kappa shape index (κ2) is 6.57. The number of thiazole rings is 1. The fourth-order valence-electron chi connectivity index (χ4n) is 2.00. The van der Waals surface area contributed by atoms with Crippen molar-refractivity contribution in [3.63, 3.8) is 0 Å². The van der Waals surface area contributed by atoms with Crippen LogP contribution in [0.1, 0.15) is 23.8 Å². The van der Waals surface area contributed by atoms with Crippen LogP contribution in [0.15, 0.2) is 30.5 Å². The molecule has 0 aliphatic carbocycles. The summed E-state index contributed by atoms with van der Waals surface area (Å²) in [5, 5.41) is 4.35. The predicted octanol–water partition coefficient (Wildman–Crippen LogP) is 3.91. The number of benzene rings is 1. The van der Waals surface area contributed by atoms with Gasteiger partial charge in [-0.25, -0.2) is 4.98 Å². The van der Waals surface area contributed by atoms with Gasteiger partial charge in [0.15, 0.2) is 5.13 Å². The number of aryl methyl sites for hydroxylation is 1. The number of hydrogen-bond acceptors (Lipinski definition) is 4. The molecule has 3 nitrogen and oxygen atoms in total. The monoisotopic (exact) mass is 275 g/mol. The summed E-state index contributed by atoms with van der Waals surface area (Å²) < 4.78 is 0. The molecule has 1 N–H and O–H groups in total. The van der Waals surface area contributed by atoms with Gasteiger partial charge in [-0.15, -0.1) is 11.3 Å². The second-order valence-electron chi connectivity index (χ2n) is 4.70. The van der Waals surface area contributed by atoms with Crippen molar-refractivity contribution in [2.24, 2.45) is 0 Å². The summed E-state index contributed by atoms with van der Waals surface area (Å²) in [5.41, 5.74) is 2.58. The molecule has 0 amide bonds. The number of nitrogens with zero attached hydrogens (tertiary/aromatic N) is 2. The Morgan fingerprint density at radius 3 is 2.84 bits per heavy atom. The average molecular weight is 275 g/mol. The Kier molecular flexibility index (Phi) is 4.80. The molecule has 4 heteroatoms. The normalized spacial score (nSPS) is 10.5. The van der Waals surface area contributed by atoms with Gasteiger partial charge in [0.05, 0.1) is 6.54 Å². The topological polar surface area (TPSA) is 28.2 Å². The van der Waals surface area contributed by atoms with Gasteiger partial charge in [0.1, 0.15) is 0 Å². The Morgan fingerprint density at radius 2 is 2.11 bits per heavy atom. The van der Waals surface area contributed by atoms with E-state index in [1.54, 1.807) is 11.3 Å². The smallest absolute Gasteiger partial charge is 0.182 e. The van der Waals surface area contributed by atoms with Crippen LogP contribution in [-0.4, -0.2) is 18.6 Å². The molecule has 2 aromatic rings. The molecule has 102 valence electrons. The molecule has 0 saturated heterocycles. The van der Waals surface area contributed by atoms with Gasteiger partial charge in [0.2, 0.25) is 0 Å². The quantitative estimate of drug-likeness (QED) is 0.866. The molecular formula is C15H21N3S. The van der Waals surface area contributed by atoms with Gasteiger partial charge in [-0.3, -0.25) is 0 Å². The first-order chi connectivity index (χ1) is 9.20. The standard InChI is InChI=1S/C15H21N3S/c1-4-9-16-15-17-10-13(19-15)11-18(3)14-8-6-5-7-12(14)2/h5-8,10H,4,9,11H2,1-3H3,(H,16,17). The van der Waals surface area contributed by atoms with E-state index in [0.717, 1.165) is 24.6 Å². The van der Waals surface area contributed by atoms with E-state index in [2.05, 4.69) is 60.4 Å². The molecule has 0 bridgehead atoms. The maximum Gasteiger partial charge on any atom is 0.182 e. The van der Waals surface area contributed by atoms with Gasteiger partial charge >= 0.3 is 0 Å². The number of aromatic nitrogens is 1. The molecule has 1 heterocycles.